The van der Waals surface area contributed by atoms with Gasteiger partial charge in [-0.2, -0.15) is 0 Å². The number of hydrogen-bond acceptors (Lipinski definition) is 7. The van der Waals surface area contributed by atoms with E-state index in [-0.39, 0.29) is 10.8 Å². The predicted octanol–water partition coefficient (Wildman–Crippen LogP) is 4.09. The zero-order valence-electron chi connectivity index (χ0n) is 13.9. The largest absolute Gasteiger partial charge is 0.464 e. The number of aromatic amines is 2. The highest BCUT2D eigenvalue weighted by molar-refractivity contribution is 7.99. The van der Waals surface area contributed by atoms with Crippen LogP contribution in [0.5, 0.6) is 0 Å². The molecule has 1 atom stereocenters. The Morgan fingerprint density at radius 1 is 1.38 bits per heavy atom. The lowest BCUT2D eigenvalue weighted by Crippen LogP contribution is -2.12. The monoisotopic (exact) mass is 385 g/mol. The Morgan fingerprint density at radius 2 is 2.27 bits per heavy atom. The number of nitrogens with zero attached hydrogens (tertiary/aromatic N) is 3. The van der Waals surface area contributed by atoms with Gasteiger partial charge in [-0.1, -0.05) is 11.8 Å². The van der Waals surface area contributed by atoms with Crippen molar-refractivity contribution in [2.75, 3.05) is 0 Å². The van der Waals surface area contributed by atoms with Crippen molar-refractivity contribution in [1.82, 2.24) is 25.1 Å². The average molecular weight is 385 g/mol. The van der Waals surface area contributed by atoms with E-state index in [1.54, 1.807) is 12.3 Å². The molecule has 0 radical (unpaired) electrons. The van der Waals surface area contributed by atoms with E-state index in [2.05, 4.69) is 25.1 Å². The number of hydrogen-bond donors (Lipinski definition) is 2. The van der Waals surface area contributed by atoms with Crippen molar-refractivity contribution in [3.05, 3.63) is 45.8 Å². The van der Waals surface area contributed by atoms with Crippen molar-refractivity contribution in [3.8, 4) is 11.3 Å². The molecule has 2 N–H and O–H groups in total. The van der Waals surface area contributed by atoms with Gasteiger partial charge in [0.25, 0.3) is 5.56 Å². The lowest BCUT2D eigenvalue weighted by Gasteiger charge is -2.07. The van der Waals surface area contributed by atoms with Crippen molar-refractivity contribution >= 4 is 33.3 Å². The van der Waals surface area contributed by atoms with Crippen molar-refractivity contribution in [2.45, 2.75) is 36.1 Å². The zero-order valence-corrected chi connectivity index (χ0v) is 15.5. The van der Waals surface area contributed by atoms with Crippen LogP contribution in [0.3, 0.4) is 0 Å². The molecule has 0 amide bonds. The minimum absolute atomic E-state index is 0.0656. The second kappa shape index (κ2) is 6.10. The van der Waals surface area contributed by atoms with Crippen LogP contribution in [-0.2, 0) is 0 Å². The molecule has 1 saturated carbocycles. The van der Waals surface area contributed by atoms with E-state index >= 15 is 0 Å². The lowest BCUT2D eigenvalue weighted by atomic mass is 10.2. The van der Waals surface area contributed by atoms with Gasteiger partial charge in [-0.15, -0.1) is 16.4 Å². The standard InChI is InChI=1S/C17H15N5O2S2/c1-8(26-17-20-14(21-22-17)9-4-5-9)13-18-15(23)12-10(7-25-16(12)19-13)11-3-2-6-24-11/h2-3,6-9H,4-5H2,1H3,(H,18,19,23)(H,20,21,22). The van der Waals surface area contributed by atoms with Gasteiger partial charge < -0.3 is 9.40 Å². The first-order chi connectivity index (χ1) is 12.7. The number of furan rings is 1. The Labute approximate surface area is 156 Å². The van der Waals surface area contributed by atoms with E-state index in [0.717, 1.165) is 11.4 Å². The maximum absolute atomic E-state index is 12.7. The molecule has 132 valence electrons. The first kappa shape index (κ1) is 15.8. The van der Waals surface area contributed by atoms with Crippen LogP contribution in [0.15, 0.2) is 38.1 Å². The molecule has 7 nitrogen and oxygen atoms in total. The Hall–Kier alpha value is -2.39. The molecule has 4 aromatic heterocycles. The molecule has 4 heterocycles. The highest BCUT2D eigenvalue weighted by Gasteiger charge is 2.27. The van der Waals surface area contributed by atoms with E-state index in [0.29, 0.717) is 32.9 Å². The normalized spacial score (nSPS) is 15.6. The van der Waals surface area contributed by atoms with Crippen molar-refractivity contribution in [2.24, 2.45) is 0 Å². The van der Waals surface area contributed by atoms with Crippen LogP contribution in [-0.4, -0.2) is 25.1 Å². The van der Waals surface area contributed by atoms with Crippen LogP contribution in [0.1, 0.15) is 42.6 Å². The summed E-state index contributed by atoms with van der Waals surface area (Å²) in [7, 11) is 0. The van der Waals surface area contributed by atoms with Gasteiger partial charge in [0.15, 0.2) is 0 Å². The van der Waals surface area contributed by atoms with Gasteiger partial charge in [-0.25, -0.2) is 9.97 Å². The number of thiophene rings is 1. The Bertz CT molecular complexity index is 1120. The third-order valence-corrected chi connectivity index (χ3v) is 6.20. The number of H-pyrrole nitrogens is 2. The summed E-state index contributed by atoms with van der Waals surface area (Å²) >= 11 is 2.93. The molecule has 4 aromatic rings. The van der Waals surface area contributed by atoms with Gasteiger partial charge >= 0.3 is 0 Å². The van der Waals surface area contributed by atoms with Crippen LogP contribution in [0.25, 0.3) is 21.5 Å². The molecule has 9 heteroatoms. The third-order valence-electron chi connectivity index (χ3n) is 4.36. The van der Waals surface area contributed by atoms with Crippen LogP contribution in [0.2, 0.25) is 0 Å². The van der Waals surface area contributed by atoms with E-state index in [9.17, 15) is 4.79 Å². The maximum atomic E-state index is 12.7. The number of nitrogens with one attached hydrogen (secondary N) is 2. The zero-order chi connectivity index (χ0) is 17.7. The predicted molar refractivity (Wildman–Crippen MR) is 101 cm³/mol. The smallest absolute Gasteiger partial charge is 0.260 e. The van der Waals surface area contributed by atoms with Crippen molar-refractivity contribution < 1.29 is 4.42 Å². The number of aromatic nitrogens is 5. The van der Waals surface area contributed by atoms with Gasteiger partial charge in [0.2, 0.25) is 5.16 Å². The summed E-state index contributed by atoms with van der Waals surface area (Å²) in [5.41, 5.74) is 0.623. The highest BCUT2D eigenvalue weighted by atomic mass is 32.2. The molecule has 26 heavy (non-hydrogen) atoms. The second-order valence-corrected chi connectivity index (χ2v) is 8.46. The molecular weight excluding hydrogens is 370 g/mol. The minimum atomic E-state index is -0.154. The summed E-state index contributed by atoms with van der Waals surface area (Å²) in [4.78, 5) is 25.5. The number of rotatable bonds is 5. The highest BCUT2D eigenvalue weighted by Crippen LogP contribution is 2.39. The SMILES string of the molecule is CC(Sc1n[nH]c(C2CC2)n1)c1nc2scc(-c3ccco3)c2c(=O)[nH]1. The third kappa shape index (κ3) is 2.77. The molecule has 1 aliphatic rings. The molecule has 0 saturated heterocycles. The van der Waals surface area contributed by atoms with Crippen LogP contribution in [0, 0.1) is 0 Å². The first-order valence-electron chi connectivity index (χ1n) is 8.33. The summed E-state index contributed by atoms with van der Waals surface area (Å²) in [5.74, 6) is 2.79. The number of thioether (sulfide) groups is 1. The molecule has 0 bridgehead atoms. The molecule has 1 unspecified atom stereocenters. The average Bonchev–Trinajstić information content (AvgIpc) is 3.05. The van der Waals surface area contributed by atoms with Crippen LogP contribution >= 0.6 is 23.1 Å². The molecule has 0 aliphatic heterocycles. The fourth-order valence-corrected chi connectivity index (χ4v) is 4.56. The lowest BCUT2D eigenvalue weighted by molar-refractivity contribution is 0.583. The molecule has 5 rings (SSSR count). The van der Waals surface area contributed by atoms with Gasteiger partial charge in [0, 0.05) is 16.9 Å². The van der Waals surface area contributed by atoms with Crippen molar-refractivity contribution in [1.29, 1.82) is 0 Å². The van der Waals surface area contributed by atoms with E-state index in [1.807, 2.05) is 18.4 Å². The topological polar surface area (TPSA) is 100 Å². The van der Waals surface area contributed by atoms with E-state index in [4.69, 9.17) is 4.42 Å². The first-order valence-corrected chi connectivity index (χ1v) is 10.1. The quantitative estimate of drug-likeness (QED) is 0.502. The summed E-state index contributed by atoms with van der Waals surface area (Å²) in [6.45, 7) is 1.99. The molecular formula is C17H15N5O2S2. The van der Waals surface area contributed by atoms with Crippen molar-refractivity contribution in [3.63, 3.8) is 0 Å². The molecule has 0 aromatic carbocycles. The van der Waals surface area contributed by atoms with Gasteiger partial charge in [0.05, 0.1) is 16.9 Å². The maximum Gasteiger partial charge on any atom is 0.260 e. The fraction of sp³-hybridized carbons (Fsp3) is 0.294. The summed E-state index contributed by atoms with van der Waals surface area (Å²) < 4.78 is 5.43. The minimum Gasteiger partial charge on any atom is -0.464 e. The fourth-order valence-electron chi connectivity index (χ4n) is 2.84. The Morgan fingerprint density at radius 3 is 3.04 bits per heavy atom. The summed E-state index contributed by atoms with van der Waals surface area (Å²) in [6, 6.07) is 3.65. The van der Waals surface area contributed by atoms with Gasteiger partial charge in [-0.3, -0.25) is 9.89 Å². The van der Waals surface area contributed by atoms with Crippen LogP contribution < -0.4 is 5.56 Å². The molecule has 1 fully saturated rings. The molecule has 0 spiro atoms. The second-order valence-electron chi connectivity index (χ2n) is 6.30. The Balaban J connectivity index is 1.46. The molecule has 1 aliphatic carbocycles. The van der Waals surface area contributed by atoms with Crippen LogP contribution in [0.4, 0.5) is 0 Å². The summed E-state index contributed by atoms with van der Waals surface area (Å²) in [5, 5.41) is 10.4. The Kier molecular flexibility index (Phi) is 3.71. The van der Waals surface area contributed by atoms with Gasteiger partial charge in [-0.05, 0) is 31.9 Å². The van der Waals surface area contributed by atoms with E-state index in [1.165, 1.54) is 35.9 Å². The number of fused-ring (bicyclic) bond motifs is 1. The van der Waals surface area contributed by atoms with Gasteiger partial charge in [0.1, 0.15) is 22.2 Å². The summed E-state index contributed by atoms with van der Waals surface area (Å²) in [6.07, 6.45) is 3.95. The van der Waals surface area contributed by atoms with E-state index < -0.39 is 0 Å².